The normalized spacial score (nSPS) is 24.4. The zero-order valence-corrected chi connectivity index (χ0v) is 17.5. The van der Waals surface area contributed by atoms with Gasteiger partial charge in [0.15, 0.2) is 0 Å². The molecule has 1 atom stereocenters. The van der Waals surface area contributed by atoms with Crippen molar-refractivity contribution >= 4 is 11.6 Å². The van der Waals surface area contributed by atoms with Crippen molar-refractivity contribution in [3.05, 3.63) is 28.8 Å². The van der Waals surface area contributed by atoms with Crippen molar-refractivity contribution in [1.82, 2.24) is 14.7 Å². The van der Waals surface area contributed by atoms with E-state index in [9.17, 15) is 9.59 Å². The van der Waals surface area contributed by atoms with Crippen molar-refractivity contribution in [2.75, 3.05) is 65.6 Å². The van der Waals surface area contributed by atoms with Crippen LogP contribution in [0.5, 0.6) is 5.75 Å². The number of fused-ring (bicyclic) bond motifs is 1. The quantitative estimate of drug-likeness (QED) is 0.682. The van der Waals surface area contributed by atoms with Crippen LogP contribution in [0.4, 0.5) is 0 Å². The second kappa shape index (κ2) is 8.92. The Kier molecular flexibility index (Phi) is 6.29. The molecule has 0 amide bonds. The average Bonchev–Trinajstić information content (AvgIpc) is 2.77. The van der Waals surface area contributed by atoms with Gasteiger partial charge < -0.3 is 19.3 Å². The van der Waals surface area contributed by atoms with Crippen LogP contribution < -0.4 is 4.74 Å². The molecule has 0 saturated carbocycles. The van der Waals surface area contributed by atoms with Gasteiger partial charge >= 0.3 is 0 Å². The molecule has 1 unspecified atom stereocenters. The number of carbonyl (C=O) groups excluding carboxylic acids is 2. The van der Waals surface area contributed by atoms with Crippen molar-refractivity contribution in [3.8, 4) is 5.75 Å². The summed E-state index contributed by atoms with van der Waals surface area (Å²) in [5.74, 6) is -0.326. The fourth-order valence-corrected chi connectivity index (χ4v) is 4.40. The summed E-state index contributed by atoms with van der Waals surface area (Å²) in [6, 6.07) is 3.75. The Morgan fingerprint density at radius 1 is 1.00 bits per heavy atom. The van der Waals surface area contributed by atoms with Crippen LogP contribution in [0.1, 0.15) is 28.4 Å². The summed E-state index contributed by atoms with van der Waals surface area (Å²) in [4.78, 5) is 32.2. The fourth-order valence-electron chi connectivity index (χ4n) is 4.40. The molecule has 0 bridgehead atoms. The van der Waals surface area contributed by atoms with Gasteiger partial charge in [-0.05, 0) is 37.1 Å². The van der Waals surface area contributed by atoms with Gasteiger partial charge in [0.05, 0.1) is 18.8 Å². The van der Waals surface area contributed by atoms with E-state index in [-0.39, 0.29) is 0 Å². The molecule has 2 saturated heterocycles. The number of carbonyl (C=O) groups is 2. The molecule has 1 aromatic rings. The van der Waals surface area contributed by atoms with Gasteiger partial charge in [0.2, 0.25) is 12.0 Å². The number of Topliss-reactive ketones (excluding diaryl/α,β-unsaturated/α-hetero) is 2. The van der Waals surface area contributed by atoms with Crippen molar-refractivity contribution in [3.63, 3.8) is 0 Å². The molecule has 158 valence electrons. The number of nitrogens with zero attached hydrogens (tertiary/aromatic N) is 3. The maximum absolute atomic E-state index is 12.7. The zero-order chi connectivity index (χ0) is 20.4. The largest absolute Gasteiger partial charge is 0.466 e. The molecule has 2 fully saturated rings. The first-order chi connectivity index (χ1) is 14.1. The molecular formula is C22H31N3O4. The van der Waals surface area contributed by atoms with Gasteiger partial charge in [0.1, 0.15) is 5.75 Å². The maximum Gasteiger partial charge on any atom is 0.259 e. The first-order valence-corrected chi connectivity index (χ1v) is 10.7. The van der Waals surface area contributed by atoms with E-state index in [1.54, 1.807) is 6.07 Å². The Morgan fingerprint density at radius 3 is 2.38 bits per heavy atom. The van der Waals surface area contributed by atoms with Gasteiger partial charge in [0.25, 0.3) is 5.78 Å². The summed E-state index contributed by atoms with van der Waals surface area (Å²) in [6.07, 6.45) is 0.0915. The summed E-state index contributed by atoms with van der Waals surface area (Å²) < 4.78 is 11.5. The minimum Gasteiger partial charge on any atom is -0.466 e. The maximum atomic E-state index is 12.7. The zero-order valence-electron chi connectivity index (χ0n) is 17.5. The third-order valence-electron chi connectivity index (χ3n) is 6.43. The molecule has 3 aliphatic rings. The van der Waals surface area contributed by atoms with Gasteiger partial charge in [0, 0.05) is 45.8 Å². The number of hydrogen-bond donors (Lipinski definition) is 0. The molecule has 29 heavy (non-hydrogen) atoms. The van der Waals surface area contributed by atoms with Crippen LogP contribution >= 0.6 is 0 Å². The fraction of sp³-hybridized carbons (Fsp3) is 0.636. The topological polar surface area (TPSA) is 62.3 Å². The summed E-state index contributed by atoms with van der Waals surface area (Å²) >= 11 is 0. The summed E-state index contributed by atoms with van der Waals surface area (Å²) in [7, 11) is 0. The number of ether oxygens (including phenoxy) is 2. The Hall–Kier alpha value is -1.80. The van der Waals surface area contributed by atoms with E-state index < -0.39 is 17.8 Å². The molecule has 0 spiro atoms. The van der Waals surface area contributed by atoms with E-state index in [1.807, 2.05) is 17.9 Å². The molecule has 3 aliphatic heterocycles. The monoisotopic (exact) mass is 401 g/mol. The van der Waals surface area contributed by atoms with Crippen LogP contribution in [0.15, 0.2) is 12.1 Å². The lowest BCUT2D eigenvalue weighted by atomic mass is 9.94. The smallest absolute Gasteiger partial charge is 0.259 e. The lowest BCUT2D eigenvalue weighted by Gasteiger charge is -2.36. The molecular weight excluding hydrogens is 370 g/mol. The molecule has 0 radical (unpaired) electrons. The second-order valence-electron chi connectivity index (χ2n) is 8.06. The number of piperazine rings is 1. The molecule has 0 aromatic heterocycles. The molecule has 1 aromatic carbocycles. The highest BCUT2D eigenvalue weighted by Crippen LogP contribution is 2.33. The van der Waals surface area contributed by atoms with Crippen LogP contribution in [0.2, 0.25) is 0 Å². The number of likely N-dealkylation sites (N-methyl/N-ethyl adjacent to an activating group) is 1. The van der Waals surface area contributed by atoms with Gasteiger partial charge in [-0.2, -0.15) is 0 Å². The minimum atomic E-state index is -0.824. The van der Waals surface area contributed by atoms with Crippen molar-refractivity contribution in [1.29, 1.82) is 0 Å². The first-order valence-electron chi connectivity index (χ1n) is 10.7. The van der Waals surface area contributed by atoms with E-state index in [0.29, 0.717) is 37.6 Å². The highest BCUT2D eigenvalue weighted by atomic mass is 16.5. The van der Waals surface area contributed by atoms with E-state index in [4.69, 9.17) is 9.47 Å². The predicted octanol–water partition coefficient (Wildman–Crippen LogP) is 0.978. The number of ketones is 2. The Morgan fingerprint density at radius 2 is 1.69 bits per heavy atom. The highest BCUT2D eigenvalue weighted by molar-refractivity contribution is 6.46. The summed E-state index contributed by atoms with van der Waals surface area (Å²) in [5.41, 5.74) is 2.57. The average molecular weight is 402 g/mol. The predicted molar refractivity (Wildman–Crippen MR) is 110 cm³/mol. The van der Waals surface area contributed by atoms with E-state index in [1.165, 1.54) is 5.56 Å². The van der Waals surface area contributed by atoms with E-state index >= 15 is 0 Å². The molecule has 0 aliphatic carbocycles. The number of rotatable bonds is 5. The van der Waals surface area contributed by atoms with Gasteiger partial charge in [-0.25, -0.2) is 0 Å². The van der Waals surface area contributed by atoms with Crippen LogP contribution in [-0.4, -0.2) is 98.1 Å². The molecule has 0 N–H and O–H groups in total. The first kappa shape index (κ1) is 20.5. The number of hydrogen-bond acceptors (Lipinski definition) is 7. The van der Waals surface area contributed by atoms with Gasteiger partial charge in [-0.1, -0.05) is 13.0 Å². The van der Waals surface area contributed by atoms with Gasteiger partial charge in [-0.3, -0.25) is 14.5 Å². The lowest BCUT2D eigenvalue weighted by molar-refractivity contribution is -0.134. The molecule has 7 heteroatoms. The number of benzene rings is 1. The minimum absolute atomic E-state index is 0.400. The second-order valence-corrected chi connectivity index (χ2v) is 8.06. The molecule has 7 nitrogen and oxygen atoms in total. The highest BCUT2D eigenvalue weighted by Gasteiger charge is 2.40. The Balaban J connectivity index is 1.47. The van der Waals surface area contributed by atoms with Crippen molar-refractivity contribution in [2.45, 2.75) is 26.5 Å². The van der Waals surface area contributed by atoms with Gasteiger partial charge in [-0.15, -0.1) is 0 Å². The third-order valence-corrected chi connectivity index (χ3v) is 6.43. The Labute approximate surface area is 172 Å². The van der Waals surface area contributed by atoms with Crippen molar-refractivity contribution in [2.24, 2.45) is 0 Å². The van der Waals surface area contributed by atoms with Crippen LogP contribution in [0.3, 0.4) is 0 Å². The van der Waals surface area contributed by atoms with E-state index in [2.05, 4.69) is 16.7 Å². The van der Waals surface area contributed by atoms with Crippen LogP contribution in [0, 0.1) is 6.92 Å². The van der Waals surface area contributed by atoms with Crippen LogP contribution in [0.25, 0.3) is 0 Å². The molecule has 4 rings (SSSR count). The van der Waals surface area contributed by atoms with E-state index in [0.717, 1.165) is 51.3 Å². The standard InChI is InChI=1S/C22H31N3O4/c1-3-23-8-10-24(11-9-23)7-6-17-4-5-18-19(26)20(27)22(29-21(18)16(17)2)25-12-14-28-15-13-25/h4-5,22H,3,6-15H2,1-2H3. The van der Waals surface area contributed by atoms with Crippen molar-refractivity contribution < 1.29 is 19.1 Å². The molecule has 3 heterocycles. The van der Waals surface area contributed by atoms with Crippen LogP contribution in [-0.2, 0) is 16.0 Å². The lowest BCUT2D eigenvalue weighted by Crippen LogP contribution is -2.54. The number of morpholine rings is 1. The third kappa shape index (κ3) is 4.23. The summed E-state index contributed by atoms with van der Waals surface area (Å²) in [6.45, 7) is 13.1. The SMILES string of the molecule is CCN1CCN(CCc2ccc3c(c2C)OC(N2CCOCC2)C(=O)C3=O)CC1. The summed E-state index contributed by atoms with van der Waals surface area (Å²) in [5, 5.41) is 0. The Bertz CT molecular complexity index is 768.